The van der Waals surface area contributed by atoms with Crippen molar-refractivity contribution in [3.8, 4) is 0 Å². The van der Waals surface area contributed by atoms with Crippen LogP contribution in [0.15, 0.2) is 58.3 Å². The van der Waals surface area contributed by atoms with E-state index in [0.717, 1.165) is 0 Å². The Kier molecular flexibility index (Phi) is 2.90. The molecular weight excluding hydrogens is 188 g/mol. The monoisotopic (exact) mass is 199 g/mol. The summed E-state index contributed by atoms with van der Waals surface area (Å²) in [5.74, 6) is 0. The molecule has 0 unspecified atom stereocenters. The van der Waals surface area contributed by atoms with Gasteiger partial charge in [-0.25, -0.2) is 0 Å². The van der Waals surface area contributed by atoms with Crippen molar-refractivity contribution >= 4 is 11.8 Å². The van der Waals surface area contributed by atoms with E-state index in [-0.39, 0.29) is 0 Å². The van der Waals surface area contributed by atoms with E-state index >= 15 is 0 Å². The van der Waals surface area contributed by atoms with Gasteiger partial charge in [0.2, 0.25) is 0 Å². The molecule has 2 rings (SSSR count). The summed E-state index contributed by atoms with van der Waals surface area (Å²) < 4.78 is 0. The fraction of sp³-hybridized carbons (Fsp3) is 0.0769. The predicted molar refractivity (Wildman–Crippen MR) is 60.6 cm³/mol. The summed E-state index contributed by atoms with van der Waals surface area (Å²) in [4.78, 5) is 2.47. The molecule has 0 fully saturated rings. The number of aryl methyl sites for hydroxylation is 1. The number of benzene rings is 2. The smallest absolute Gasteiger partial charge is 0.0230 e. The minimum Gasteiger partial charge on any atom is -0.0892 e. The Labute approximate surface area is 89.0 Å². The summed E-state index contributed by atoms with van der Waals surface area (Å²) in [6.45, 7) is 2.11. The summed E-state index contributed by atoms with van der Waals surface area (Å²) in [6.07, 6.45) is 0. The maximum atomic E-state index is 3.25. The molecule has 2 aromatic rings. The third-order valence-corrected chi connectivity index (χ3v) is 3.13. The van der Waals surface area contributed by atoms with E-state index in [0.29, 0.717) is 0 Å². The molecule has 2 aromatic carbocycles. The Balaban J connectivity index is 2.24. The zero-order valence-electron chi connectivity index (χ0n) is 8.03. The second-order valence-corrected chi connectivity index (χ2v) is 4.18. The van der Waals surface area contributed by atoms with E-state index in [1.54, 1.807) is 11.8 Å². The first kappa shape index (κ1) is 9.35. The molecule has 0 aliphatic rings. The number of hydrogen-bond acceptors (Lipinski definition) is 1. The summed E-state index contributed by atoms with van der Waals surface area (Å²) in [5, 5.41) is 0. The minimum absolute atomic E-state index is 1.21. The van der Waals surface area contributed by atoms with Crippen molar-refractivity contribution in [3.63, 3.8) is 0 Å². The van der Waals surface area contributed by atoms with Crippen molar-refractivity contribution in [3.05, 3.63) is 60.2 Å². The van der Waals surface area contributed by atoms with Crippen LogP contribution in [0.25, 0.3) is 0 Å². The molecule has 0 amide bonds. The third-order valence-electron chi connectivity index (χ3n) is 1.98. The van der Waals surface area contributed by atoms with Gasteiger partial charge < -0.3 is 0 Å². The lowest BCUT2D eigenvalue weighted by Gasteiger charge is -2.03. The fourth-order valence-electron chi connectivity index (χ4n) is 1.22. The molecule has 0 nitrogen and oxygen atoms in total. The van der Waals surface area contributed by atoms with Gasteiger partial charge >= 0.3 is 0 Å². The Morgan fingerprint density at radius 2 is 1.79 bits per heavy atom. The highest BCUT2D eigenvalue weighted by atomic mass is 32.2. The van der Waals surface area contributed by atoms with E-state index in [1.807, 2.05) is 18.2 Å². The van der Waals surface area contributed by atoms with Crippen molar-refractivity contribution in [2.75, 3.05) is 0 Å². The summed E-state index contributed by atoms with van der Waals surface area (Å²) in [7, 11) is 0. The molecule has 0 spiro atoms. The van der Waals surface area contributed by atoms with Gasteiger partial charge in [0.1, 0.15) is 0 Å². The van der Waals surface area contributed by atoms with Crippen LogP contribution in [0.5, 0.6) is 0 Å². The molecule has 0 atom stereocenters. The molecule has 0 heterocycles. The maximum absolute atomic E-state index is 3.25. The van der Waals surface area contributed by atoms with Crippen molar-refractivity contribution in [1.29, 1.82) is 0 Å². The Morgan fingerprint density at radius 1 is 1.00 bits per heavy atom. The molecule has 69 valence electrons. The Morgan fingerprint density at radius 3 is 2.50 bits per heavy atom. The second kappa shape index (κ2) is 4.34. The first-order valence-electron chi connectivity index (χ1n) is 4.56. The van der Waals surface area contributed by atoms with E-state index < -0.39 is 0 Å². The molecule has 0 aliphatic carbocycles. The van der Waals surface area contributed by atoms with Crippen LogP contribution < -0.4 is 0 Å². The highest BCUT2D eigenvalue weighted by Crippen LogP contribution is 2.28. The highest BCUT2D eigenvalue weighted by molar-refractivity contribution is 7.99. The highest BCUT2D eigenvalue weighted by Gasteiger charge is 1.98. The van der Waals surface area contributed by atoms with Crippen LogP contribution in [0, 0.1) is 13.0 Å². The van der Waals surface area contributed by atoms with Gasteiger partial charge in [-0.3, -0.25) is 0 Å². The van der Waals surface area contributed by atoms with Crippen LogP contribution in [-0.4, -0.2) is 0 Å². The maximum Gasteiger partial charge on any atom is 0.0230 e. The zero-order valence-corrected chi connectivity index (χ0v) is 8.84. The molecule has 0 aliphatic heterocycles. The van der Waals surface area contributed by atoms with Crippen molar-refractivity contribution in [2.45, 2.75) is 16.7 Å². The van der Waals surface area contributed by atoms with Gasteiger partial charge in [-0.05, 0) is 30.7 Å². The van der Waals surface area contributed by atoms with Gasteiger partial charge in [-0.2, -0.15) is 0 Å². The lowest BCUT2D eigenvalue weighted by molar-refractivity contribution is 1.28. The average molecular weight is 199 g/mol. The van der Waals surface area contributed by atoms with E-state index in [2.05, 4.69) is 43.3 Å². The SMILES string of the molecule is Cc1ccc[c]c1Sc1ccccc1. The third kappa shape index (κ3) is 2.18. The van der Waals surface area contributed by atoms with Crippen LogP contribution in [0.1, 0.15) is 5.56 Å². The Hall–Kier alpha value is -1.21. The van der Waals surface area contributed by atoms with Gasteiger partial charge in [0.05, 0.1) is 0 Å². The van der Waals surface area contributed by atoms with Crippen LogP contribution in [0.4, 0.5) is 0 Å². The standard InChI is InChI=1S/C13H11S/c1-11-7-5-6-10-13(11)14-12-8-3-2-4-9-12/h2-9H,1H3. The van der Waals surface area contributed by atoms with E-state index in [4.69, 9.17) is 0 Å². The molecule has 0 aromatic heterocycles. The van der Waals surface area contributed by atoms with Crippen LogP contribution in [0.3, 0.4) is 0 Å². The topological polar surface area (TPSA) is 0 Å². The lowest BCUT2D eigenvalue weighted by Crippen LogP contribution is -1.78. The van der Waals surface area contributed by atoms with Gasteiger partial charge in [0, 0.05) is 9.79 Å². The molecule has 1 radical (unpaired) electrons. The van der Waals surface area contributed by atoms with E-state index in [1.165, 1.54) is 15.4 Å². The zero-order chi connectivity index (χ0) is 9.80. The normalized spacial score (nSPS) is 10.1. The number of rotatable bonds is 2. The molecule has 1 heteroatoms. The quantitative estimate of drug-likeness (QED) is 0.705. The largest absolute Gasteiger partial charge is 0.0892 e. The van der Waals surface area contributed by atoms with Crippen molar-refractivity contribution in [2.24, 2.45) is 0 Å². The lowest BCUT2D eigenvalue weighted by atomic mass is 10.2. The summed E-state index contributed by atoms with van der Waals surface area (Å²) in [6, 6.07) is 19.7. The van der Waals surface area contributed by atoms with E-state index in [9.17, 15) is 0 Å². The summed E-state index contributed by atoms with van der Waals surface area (Å²) >= 11 is 1.76. The molecule has 14 heavy (non-hydrogen) atoms. The van der Waals surface area contributed by atoms with Crippen LogP contribution in [0.2, 0.25) is 0 Å². The fourth-order valence-corrected chi connectivity index (χ4v) is 2.11. The van der Waals surface area contributed by atoms with Crippen molar-refractivity contribution < 1.29 is 0 Å². The molecular formula is C13H11S. The first-order chi connectivity index (χ1) is 6.86. The second-order valence-electron chi connectivity index (χ2n) is 3.10. The Bertz CT molecular complexity index is 407. The molecule has 0 N–H and O–H groups in total. The van der Waals surface area contributed by atoms with Crippen molar-refractivity contribution in [1.82, 2.24) is 0 Å². The molecule has 0 bridgehead atoms. The average Bonchev–Trinajstić information content (AvgIpc) is 2.23. The number of hydrogen-bond donors (Lipinski definition) is 0. The predicted octanol–water partition coefficient (Wildman–Crippen LogP) is 3.95. The minimum atomic E-state index is 1.21. The van der Waals surface area contributed by atoms with Gasteiger partial charge in [0.15, 0.2) is 0 Å². The van der Waals surface area contributed by atoms with Gasteiger partial charge in [-0.15, -0.1) is 0 Å². The van der Waals surface area contributed by atoms with Gasteiger partial charge in [0.25, 0.3) is 0 Å². The van der Waals surface area contributed by atoms with Crippen LogP contribution >= 0.6 is 11.8 Å². The first-order valence-corrected chi connectivity index (χ1v) is 5.38. The summed E-state index contributed by atoms with van der Waals surface area (Å²) in [5.41, 5.74) is 1.28. The van der Waals surface area contributed by atoms with Crippen LogP contribution in [-0.2, 0) is 0 Å². The van der Waals surface area contributed by atoms with Gasteiger partial charge in [-0.1, -0.05) is 48.2 Å². The molecule has 0 saturated carbocycles. The molecule has 0 saturated heterocycles.